The van der Waals surface area contributed by atoms with E-state index in [0.717, 1.165) is 11.3 Å². The van der Waals surface area contributed by atoms with Crippen molar-refractivity contribution in [1.29, 1.82) is 0 Å². The Balaban J connectivity index is 2.18. The number of carbonyl (C=O) groups is 2. The highest BCUT2D eigenvalue weighted by atomic mass is 35.5. The van der Waals surface area contributed by atoms with Gasteiger partial charge >= 0.3 is 5.97 Å². The van der Waals surface area contributed by atoms with Crippen LogP contribution >= 0.6 is 11.6 Å². The maximum Gasteiger partial charge on any atom is 0.311 e. The van der Waals surface area contributed by atoms with Gasteiger partial charge in [-0.2, -0.15) is 0 Å². The number of hydrogen-bond acceptors (Lipinski definition) is 3. The summed E-state index contributed by atoms with van der Waals surface area (Å²) in [5, 5.41) is 0.634. The minimum atomic E-state index is -0.373. The molecule has 1 saturated heterocycles. The lowest BCUT2D eigenvalue weighted by Gasteiger charge is -2.19. The van der Waals surface area contributed by atoms with E-state index in [4.69, 9.17) is 16.3 Å². The molecule has 5 heteroatoms. The molecule has 1 aromatic rings. The van der Waals surface area contributed by atoms with Gasteiger partial charge in [-0.1, -0.05) is 11.6 Å². The van der Waals surface area contributed by atoms with Crippen LogP contribution in [0.2, 0.25) is 5.02 Å². The van der Waals surface area contributed by atoms with Crippen LogP contribution in [0.3, 0.4) is 0 Å². The van der Waals surface area contributed by atoms with Gasteiger partial charge in [-0.25, -0.2) is 0 Å². The zero-order valence-electron chi connectivity index (χ0n) is 11.0. The standard InChI is InChI=1S/C14H16ClNO3/c1-3-19-14(18)10-7-13(17)16(8-10)12-5-4-11(15)6-9(12)2/h4-6,10H,3,7-8H2,1-2H3/t10-/m1/s1. The molecule has 0 N–H and O–H groups in total. The van der Waals surface area contributed by atoms with Crippen LogP contribution in [-0.2, 0) is 14.3 Å². The summed E-state index contributed by atoms with van der Waals surface area (Å²) in [6, 6.07) is 5.36. The number of anilines is 1. The number of rotatable bonds is 3. The molecular weight excluding hydrogens is 266 g/mol. The summed E-state index contributed by atoms with van der Waals surface area (Å²) in [6.45, 7) is 4.37. The van der Waals surface area contributed by atoms with E-state index in [-0.39, 0.29) is 24.2 Å². The minimum absolute atomic E-state index is 0.0523. The van der Waals surface area contributed by atoms with E-state index in [1.807, 2.05) is 19.1 Å². The van der Waals surface area contributed by atoms with Gasteiger partial charge < -0.3 is 9.64 Å². The molecule has 0 aliphatic carbocycles. The van der Waals surface area contributed by atoms with Crippen LogP contribution in [-0.4, -0.2) is 25.0 Å². The van der Waals surface area contributed by atoms with Gasteiger partial charge in [0.05, 0.1) is 12.5 Å². The first-order chi connectivity index (χ1) is 9.02. The number of aryl methyl sites for hydroxylation is 1. The van der Waals surface area contributed by atoms with Gasteiger partial charge in [0.15, 0.2) is 0 Å². The van der Waals surface area contributed by atoms with E-state index < -0.39 is 0 Å². The third kappa shape index (κ3) is 2.89. The lowest BCUT2D eigenvalue weighted by molar-refractivity contribution is -0.147. The highest BCUT2D eigenvalue weighted by molar-refractivity contribution is 6.30. The summed E-state index contributed by atoms with van der Waals surface area (Å²) in [4.78, 5) is 25.3. The molecule has 0 saturated carbocycles. The molecule has 0 aromatic heterocycles. The topological polar surface area (TPSA) is 46.6 Å². The lowest BCUT2D eigenvalue weighted by atomic mass is 10.1. The Kier molecular flexibility index (Phi) is 4.10. The maximum atomic E-state index is 12.0. The quantitative estimate of drug-likeness (QED) is 0.800. The van der Waals surface area contributed by atoms with Gasteiger partial charge in [0.1, 0.15) is 0 Å². The number of halogens is 1. The summed E-state index contributed by atoms with van der Waals surface area (Å²) >= 11 is 5.90. The van der Waals surface area contributed by atoms with Crippen LogP contribution in [0.4, 0.5) is 5.69 Å². The lowest BCUT2D eigenvalue weighted by Crippen LogP contribution is -2.27. The Labute approximate surface area is 117 Å². The Bertz CT molecular complexity index is 515. The smallest absolute Gasteiger partial charge is 0.311 e. The number of hydrogen-bond donors (Lipinski definition) is 0. The van der Waals surface area contributed by atoms with Crippen molar-refractivity contribution in [1.82, 2.24) is 0 Å². The first-order valence-electron chi connectivity index (χ1n) is 6.26. The van der Waals surface area contributed by atoms with Crippen LogP contribution in [0, 0.1) is 12.8 Å². The normalized spacial score (nSPS) is 18.8. The molecule has 0 bridgehead atoms. The van der Waals surface area contributed by atoms with Gasteiger partial charge in [0.25, 0.3) is 0 Å². The van der Waals surface area contributed by atoms with Gasteiger partial charge in [-0.15, -0.1) is 0 Å². The second-order valence-corrected chi connectivity index (χ2v) is 5.02. The molecular formula is C14H16ClNO3. The summed E-state index contributed by atoms with van der Waals surface area (Å²) in [5.41, 5.74) is 1.73. The molecule has 0 unspecified atom stereocenters. The SMILES string of the molecule is CCOC(=O)[C@@H]1CC(=O)N(c2ccc(Cl)cc2C)C1. The molecule has 1 amide bonds. The molecule has 0 radical (unpaired) electrons. The number of amides is 1. The Morgan fingerprint density at radius 3 is 2.89 bits per heavy atom. The number of esters is 1. The minimum Gasteiger partial charge on any atom is -0.466 e. The van der Waals surface area contributed by atoms with E-state index in [1.165, 1.54) is 0 Å². The van der Waals surface area contributed by atoms with Crippen LogP contribution in [0.5, 0.6) is 0 Å². The van der Waals surface area contributed by atoms with Crippen molar-refractivity contribution in [2.24, 2.45) is 5.92 Å². The highest BCUT2D eigenvalue weighted by Crippen LogP contribution is 2.30. The van der Waals surface area contributed by atoms with Crippen molar-refractivity contribution >= 4 is 29.2 Å². The van der Waals surface area contributed by atoms with Gasteiger partial charge in [0, 0.05) is 23.7 Å². The van der Waals surface area contributed by atoms with E-state index in [9.17, 15) is 9.59 Å². The van der Waals surface area contributed by atoms with Gasteiger partial charge in [0.2, 0.25) is 5.91 Å². The van der Waals surface area contributed by atoms with Gasteiger partial charge in [-0.05, 0) is 37.6 Å². The fourth-order valence-corrected chi connectivity index (χ4v) is 2.51. The molecule has 1 atom stereocenters. The number of benzene rings is 1. The second-order valence-electron chi connectivity index (χ2n) is 4.59. The first kappa shape index (κ1) is 13.9. The molecule has 0 spiro atoms. The number of ether oxygens (including phenoxy) is 1. The fourth-order valence-electron chi connectivity index (χ4n) is 2.28. The highest BCUT2D eigenvalue weighted by Gasteiger charge is 2.36. The molecule has 1 aliphatic rings. The molecule has 102 valence electrons. The molecule has 1 aromatic carbocycles. The van der Waals surface area contributed by atoms with Gasteiger partial charge in [-0.3, -0.25) is 9.59 Å². The Hall–Kier alpha value is -1.55. The van der Waals surface area contributed by atoms with Crippen molar-refractivity contribution in [2.75, 3.05) is 18.1 Å². The van der Waals surface area contributed by atoms with Crippen molar-refractivity contribution in [2.45, 2.75) is 20.3 Å². The third-order valence-electron chi connectivity index (χ3n) is 3.19. The summed E-state index contributed by atoms with van der Waals surface area (Å²) in [5.74, 6) is -0.726. The summed E-state index contributed by atoms with van der Waals surface area (Å²) in [7, 11) is 0. The van der Waals surface area contributed by atoms with Crippen LogP contribution < -0.4 is 4.90 Å². The molecule has 19 heavy (non-hydrogen) atoms. The zero-order valence-corrected chi connectivity index (χ0v) is 11.7. The average molecular weight is 282 g/mol. The number of nitrogens with zero attached hydrogens (tertiary/aromatic N) is 1. The predicted octanol–water partition coefficient (Wildman–Crippen LogP) is 2.56. The average Bonchev–Trinajstić information content (AvgIpc) is 2.72. The number of carbonyl (C=O) groups excluding carboxylic acids is 2. The van der Waals surface area contributed by atoms with Crippen LogP contribution in [0.15, 0.2) is 18.2 Å². The summed E-state index contributed by atoms with van der Waals surface area (Å²) < 4.78 is 4.97. The first-order valence-corrected chi connectivity index (χ1v) is 6.64. The van der Waals surface area contributed by atoms with E-state index in [1.54, 1.807) is 17.9 Å². The molecule has 1 heterocycles. The zero-order chi connectivity index (χ0) is 14.0. The van der Waals surface area contributed by atoms with Crippen LogP contribution in [0.25, 0.3) is 0 Å². The van der Waals surface area contributed by atoms with Crippen molar-refractivity contribution in [3.8, 4) is 0 Å². The monoisotopic (exact) mass is 281 g/mol. The fraction of sp³-hybridized carbons (Fsp3) is 0.429. The largest absolute Gasteiger partial charge is 0.466 e. The van der Waals surface area contributed by atoms with E-state index in [2.05, 4.69) is 0 Å². The maximum absolute atomic E-state index is 12.0. The molecule has 1 fully saturated rings. The molecule has 4 nitrogen and oxygen atoms in total. The van der Waals surface area contributed by atoms with Crippen molar-refractivity contribution in [3.05, 3.63) is 28.8 Å². The van der Waals surface area contributed by atoms with Crippen LogP contribution in [0.1, 0.15) is 18.9 Å². The van der Waals surface area contributed by atoms with E-state index in [0.29, 0.717) is 18.2 Å². The predicted molar refractivity (Wildman–Crippen MR) is 73.3 cm³/mol. The second kappa shape index (κ2) is 5.61. The Morgan fingerprint density at radius 1 is 1.53 bits per heavy atom. The molecule has 1 aliphatic heterocycles. The van der Waals surface area contributed by atoms with Crippen molar-refractivity contribution < 1.29 is 14.3 Å². The molecule has 2 rings (SSSR count). The van der Waals surface area contributed by atoms with E-state index >= 15 is 0 Å². The Morgan fingerprint density at radius 2 is 2.26 bits per heavy atom. The summed E-state index contributed by atoms with van der Waals surface area (Å²) in [6.07, 6.45) is 0.209. The van der Waals surface area contributed by atoms with Crippen molar-refractivity contribution in [3.63, 3.8) is 0 Å². The third-order valence-corrected chi connectivity index (χ3v) is 3.43.